The molecule has 0 bridgehead atoms. The van der Waals surface area contributed by atoms with Gasteiger partial charge in [-0.3, -0.25) is 19.2 Å². The summed E-state index contributed by atoms with van der Waals surface area (Å²) in [6.07, 6.45) is -0.0411. The molecular weight excluding hydrogens is 384 g/mol. The highest BCUT2D eigenvalue weighted by Crippen LogP contribution is 2.31. The number of benzene rings is 2. The van der Waals surface area contributed by atoms with E-state index in [4.69, 9.17) is 9.94 Å². The van der Waals surface area contributed by atoms with Crippen molar-refractivity contribution in [2.45, 2.75) is 32.8 Å². The lowest BCUT2D eigenvalue weighted by Crippen LogP contribution is -2.41. The van der Waals surface area contributed by atoms with Crippen LogP contribution in [-0.4, -0.2) is 52.9 Å². The van der Waals surface area contributed by atoms with Crippen LogP contribution < -0.4 is 5.32 Å². The number of anilines is 1. The monoisotopic (exact) mass is 410 g/mol. The van der Waals surface area contributed by atoms with Crippen molar-refractivity contribution in [2.24, 2.45) is 0 Å². The first-order valence-corrected chi connectivity index (χ1v) is 9.88. The standard InChI is InChI=1S/C23H26N2O5/c1-23(2,3)30-25(19(27)11-14-26)13-12-24-18-10-6-9-17-20(18)22(29)16-8-5-4-7-15(16)21(17)28/h4-10,24,26H,11-14H2,1-3H3. The zero-order chi connectivity index (χ0) is 21.9. The zero-order valence-electron chi connectivity index (χ0n) is 17.4. The van der Waals surface area contributed by atoms with Crippen LogP contribution in [0.15, 0.2) is 42.5 Å². The molecule has 0 spiro atoms. The summed E-state index contributed by atoms with van der Waals surface area (Å²) in [5.74, 6) is -0.716. The van der Waals surface area contributed by atoms with Gasteiger partial charge < -0.3 is 10.4 Å². The fourth-order valence-corrected chi connectivity index (χ4v) is 3.36. The summed E-state index contributed by atoms with van der Waals surface area (Å²) in [4.78, 5) is 43.8. The Hall–Kier alpha value is -3.03. The Morgan fingerprint density at radius 2 is 1.63 bits per heavy atom. The summed E-state index contributed by atoms with van der Waals surface area (Å²) >= 11 is 0. The van der Waals surface area contributed by atoms with Crippen molar-refractivity contribution >= 4 is 23.2 Å². The van der Waals surface area contributed by atoms with E-state index in [0.717, 1.165) is 0 Å². The Bertz CT molecular complexity index is 978. The lowest BCUT2D eigenvalue weighted by Gasteiger charge is -2.30. The molecule has 30 heavy (non-hydrogen) atoms. The number of rotatable bonds is 7. The Morgan fingerprint density at radius 3 is 2.27 bits per heavy atom. The van der Waals surface area contributed by atoms with Crippen LogP contribution in [0, 0.1) is 0 Å². The van der Waals surface area contributed by atoms with Crippen molar-refractivity contribution in [3.63, 3.8) is 0 Å². The van der Waals surface area contributed by atoms with Crippen LogP contribution in [0.3, 0.4) is 0 Å². The first-order chi connectivity index (χ1) is 14.2. The van der Waals surface area contributed by atoms with Gasteiger partial charge in [-0.25, -0.2) is 5.06 Å². The summed E-state index contributed by atoms with van der Waals surface area (Å²) in [7, 11) is 0. The number of hydrogen-bond acceptors (Lipinski definition) is 6. The van der Waals surface area contributed by atoms with Gasteiger partial charge >= 0.3 is 0 Å². The molecule has 2 aromatic carbocycles. The Kier molecular flexibility index (Phi) is 6.34. The average Bonchev–Trinajstić information content (AvgIpc) is 2.70. The van der Waals surface area contributed by atoms with Crippen LogP contribution in [0.25, 0.3) is 0 Å². The maximum Gasteiger partial charge on any atom is 0.248 e. The number of carbonyl (C=O) groups excluding carboxylic acids is 3. The molecular formula is C23H26N2O5. The first-order valence-electron chi connectivity index (χ1n) is 9.88. The third kappa shape index (κ3) is 4.58. The predicted molar refractivity (Wildman–Crippen MR) is 112 cm³/mol. The number of nitrogens with zero attached hydrogens (tertiary/aromatic N) is 1. The van der Waals surface area contributed by atoms with Gasteiger partial charge in [0.25, 0.3) is 0 Å². The number of hydroxylamine groups is 2. The molecule has 1 aliphatic rings. The molecule has 0 saturated carbocycles. The third-order valence-electron chi connectivity index (χ3n) is 4.57. The molecule has 2 N–H and O–H groups in total. The lowest BCUT2D eigenvalue weighted by atomic mass is 9.83. The number of carbonyl (C=O) groups is 3. The number of aliphatic hydroxyl groups is 1. The molecule has 1 amide bonds. The van der Waals surface area contributed by atoms with Crippen molar-refractivity contribution in [3.05, 3.63) is 64.7 Å². The van der Waals surface area contributed by atoms with Crippen LogP contribution in [-0.2, 0) is 9.63 Å². The highest BCUT2D eigenvalue weighted by molar-refractivity contribution is 6.30. The number of aliphatic hydroxyl groups excluding tert-OH is 1. The molecule has 0 fully saturated rings. The van der Waals surface area contributed by atoms with Gasteiger partial charge in [-0.05, 0) is 26.8 Å². The SMILES string of the molecule is CC(C)(C)ON(CCNc1cccc2c1C(=O)c1ccccc1C2=O)C(=O)CCO. The van der Waals surface area contributed by atoms with E-state index in [9.17, 15) is 14.4 Å². The second-order valence-corrected chi connectivity index (χ2v) is 8.03. The predicted octanol–water partition coefficient (Wildman–Crippen LogP) is 2.82. The summed E-state index contributed by atoms with van der Waals surface area (Å²) in [6, 6.07) is 11.9. The number of nitrogens with one attached hydrogen (secondary N) is 1. The van der Waals surface area contributed by atoms with Crippen molar-refractivity contribution in [1.29, 1.82) is 0 Å². The van der Waals surface area contributed by atoms with E-state index in [1.165, 1.54) is 5.06 Å². The summed E-state index contributed by atoms with van der Waals surface area (Å²) < 4.78 is 0. The highest BCUT2D eigenvalue weighted by Gasteiger charge is 2.31. The Labute approximate surface area is 175 Å². The topological polar surface area (TPSA) is 95.9 Å². The lowest BCUT2D eigenvalue weighted by molar-refractivity contribution is -0.226. The van der Waals surface area contributed by atoms with Crippen LogP contribution in [0.1, 0.15) is 59.0 Å². The molecule has 0 saturated heterocycles. The summed E-state index contributed by atoms with van der Waals surface area (Å²) in [6.45, 7) is 5.72. The van der Waals surface area contributed by atoms with Gasteiger partial charge in [-0.15, -0.1) is 0 Å². The van der Waals surface area contributed by atoms with Gasteiger partial charge in [0, 0.05) is 28.9 Å². The maximum atomic E-state index is 13.0. The van der Waals surface area contributed by atoms with E-state index in [-0.39, 0.29) is 37.0 Å². The smallest absolute Gasteiger partial charge is 0.248 e. The number of fused-ring (bicyclic) bond motifs is 2. The minimum absolute atomic E-state index is 0.0411. The number of amides is 1. The summed E-state index contributed by atoms with van der Waals surface area (Å²) in [5, 5.41) is 13.4. The second kappa shape index (κ2) is 8.77. The fraction of sp³-hybridized carbons (Fsp3) is 0.348. The summed E-state index contributed by atoms with van der Waals surface area (Å²) in [5.41, 5.74) is 1.45. The van der Waals surface area contributed by atoms with Gasteiger partial charge in [-0.2, -0.15) is 0 Å². The van der Waals surface area contributed by atoms with Crippen LogP contribution in [0.5, 0.6) is 0 Å². The van der Waals surface area contributed by atoms with Crippen LogP contribution in [0.2, 0.25) is 0 Å². The largest absolute Gasteiger partial charge is 0.396 e. The molecule has 0 atom stereocenters. The minimum Gasteiger partial charge on any atom is -0.396 e. The molecule has 2 aromatic rings. The molecule has 0 aliphatic heterocycles. The maximum absolute atomic E-state index is 13.0. The minimum atomic E-state index is -0.580. The van der Waals surface area contributed by atoms with E-state index in [1.807, 2.05) is 20.8 Å². The van der Waals surface area contributed by atoms with Gasteiger partial charge in [0.1, 0.15) is 0 Å². The molecule has 1 aliphatic carbocycles. The van der Waals surface area contributed by atoms with Gasteiger partial charge in [-0.1, -0.05) is 36.4 Å². The Balaban J connectivity index is 1.79. The van der Waals surface area contributed by atoms with Gasteiger partial charge in [0.2, 0.25) is 5.91 Å². The molecule has 0 unspecified atom stereocenters. The quantitative estimate of drug-likeness (QED) is 0.582. The van der Waals surface area contributed by atoms with Crippen molar-refractivity contribution in [2.75, 3.05) is 25.0 Å². The van der Waals surface area contributed by atoms with Crippen molar-refractivity contribution in [3.8, 4) is 0 Å². The van der Waals surface area contributed by atoms with Crippen LogP contribution >= 0.6 is 0 Å². The zero-order valence-corrected chi connectivity index (χ0v) is 17.4. The number of hydrogen-bond donors (Lipinski definition) is 2. The highest BCUT2D eigenvalue weighted by atomic mass is 16.7. The second-order valence-electron chi connectivity index (χ2n) is 8.03. The Morgan fingerprint density at radius 1 is 1.00 bits per heavy atom. The fourth-order valence-electron chi connectivity index (χ4n) is 3.36. The molecule has 3 rings (SSSR count). The van der Waals surface area contributed by atoms with Gasteiger partial charge in [0.05, 0.1) is 30.7 Å². The van der Waals surface area contributed by atoms with E-state index < -0.39 is 5.60 Å². The molecule has 7 heteroatoms. The van der Waals surface area contributed by atoms with Crippen molar-refractivity contribution < 1.29 is 24.3 Å². The normalized spacial score (nSPS) is 12.9. The van der Waals surface area contributed by atoms with E-state index in [0.29, 0.717) is 34.5 Å². The van der Waals surface area contributed by atoms with Crippen LogP contribution in [0.4, 0.5) is 5.69 Å². The third-order valence-corrected chi connectivity index (χ3v) is 4.57. The molecule has 158 valence electrons. The van der Waals surface area contributed by atoms with E-state index >= 15 is 0 Å². The van der Waals surface area contributed by atoms with Crippen molar-refractivity contribution in [1.82, 2.24) is 5.06 Å². The average molecular weight is 410 g/mol. The molecule has 7 nitrogen and oxygen atoms in total. The van der Waals surface area contributed by atoms with E-state index in [1.54, 1.807) is 42.5 Å². The van der Waals surface area contributed by atoms with Gasteiger partial charge in [0.15, 0.2) is 11.6 Å². The number of ketones is 2. The first kappa shape index (κ1) is 21.7. The van der Waals surface area contributed by atoms with E-state index in [2.05, 4.69) is 5.32 Å². The molecule has 0 radical (unpaired) electrons. The molecule has 0 aromatic heterocycles. The molecule has 0 heterocycles.